The molecule has 0 bridgehead atoms. The van der Waals surface area contributed by atoms with Crippen molar-refractivity contribution in [3.63, 3.8) is 0 Å². The van der Waals surface area contributed by atoms with E-state index in [1.807, 2.05) is 11.9 Å². The molecule has 112 valence electrons. The molecule has 1 saturated heterocycles. The van der Waals surface area contributed by atoms with Gasteiger partial charge in [-0.1, -0.05) is 6.92 Å². The Morgan fingerprint density at radius 2 is 1.89 bits per heavy atom. The van der Waals surface area contributed by atoms with Crippen molar-refractivity contribution in [3.05, 3.63) is 0 Å². The van der Waals surface area contributed by atoms with E-state index in [0.717, 1.165) is 25.6 Å². The fraction of sp³-hybridized carbons (Fsp3) is 0.933. The van der Waals surface area contributed by atoms with Crippen molar-refractivity contribution >= 4 is 5.91 Å². The molecule has 19 heavy (non-hydrogen) atoms. The largest absolute Gasteiger partial charge is 0.342 e. The number of likely N-dealkylation sites (tertiary alicyclic amines) is 1. The third-order valence-corrected chi connectivity index (χ3v) is 4.39. The molecular formula is C15H31N3O. The van der Waals surface area contributed by atoms with Gasteiger partial charge in [0.05, 0.1) is 6.54 Å². The highest BCUT2D eigenvalue weighted by Crippen LogP contribution is 2.20. The summed E-state index contributed by atoms with van der Waals surface area (Å²) >= 11 is 0. The van der Waals surface area contributed by atoms with E-state index in [-0.39, 0.29) is 5.91 Å². The van der Waals surface area contributed by atoms with Crippen LogP contribution in [0.2, 0.25) is 0 Å². The molecule has 1 unspecified atom stereocenters. The average molecular weight is 269 g/mol. The van der Waals surface area contributed by atoms with E-state index >= 15 is 0 Å². The van der Waals surface area contributed by atoms with Gasteiger partial charge in [0, 0.05) is 19.1 Å². The third-order valence-electron chi connectivity index (χ3n) is 4.39. The van der Waals surface area contributed by atoms with E-state index in [1.165, 1.54) is 12.8 Å². The maximum absolute atomic E-state index is 12.0. The molecule has 0 aliphatic carbocycles. The Kier molecular flexibility index (Phi) is 6.80. The quantitative estimate of drug-likeness (QED) is 0.795. The molecule has 0 aromatic heterocycles. The van der Waals surface area contributed by atoms with Crippen molar-refractivity contribution in [1.29, 1.82) is 0 Å². The molecule has 4 heteroatoms. The molecular weight excluding hydrogens is 238 g/mol. The van der Waals surface area contributed by atoms with E-state index < -0.39 is 0 Å². The lowest BCUT2D eigenvalue weighted by molar-refractivity contribution is -0.132. The van der Waals surface area contributed by atoms with Crippen LogP contribution in [0.1, 0.15) is 40.5 Å². The summed E-state index contributed by atoms with van der Waals surface area (Å²) in [5.74, 6) is 1.00. The molecule has 1 N–H and O–H groups in total. The van der Waals surface area contributed by atoms with Gasteiger partial charge in [-0.25, -0.2) is 0 Å². The van der Waals surface area contributed by atoms with Crippen LogP contribution in [0.5, 0.6) is 0 Å². The number of hydrogen-bond acceptors (Lipinski definition) is 3. The Morgan fingerprint density at radius 1 is 1.32 bits per heavy atom. The predicted molar refractivity (Wildman–Crippen MR) is 80.2 cm³/mol. The monoisotopic (exact) mass is 269 g/mol. The lowest BCUT2D eigenvalue weighted by atomic mass is 9.90. The predicted octanol–water partition coefficient (Wildman–Crippen LogP) is 1.56. The fourth-order valence-corrected chi connectivity index (χ4v) is 2.69. The molecule has 1 aliphatic rings. The van der Waals surface area contributed by atoms with Gasteiger partial charge in [0.25, 0.3) is 0 Å². The molecule has 1 atom stereocenters. The number of carbonyl (C=O) groups excluding carboxylic acids is 1. The van der Waals surface area contributed by atoms with Crippen LogP contribution in [-0.2, 0) is 4.79 Å². The molecule has 1 fully saturated rings. The lowest BCUT2D eigenvalue weighted by Crippen LogP contribution is -2.46. The second kappa shape index (κ2) is 7.85. The molecule has 1 heterocycles. The number of likely N-dealkylation sites (N-methyl/N-ethyl adjacent to an activating group) is 1. The van der Waals surface area contributed by atoms with Gasteiger partial charge in [0.2, 0.25) is 5.91 Å². The molecule has 0 saturated carbocycles. The first kappa shape index (κ1) is 16.4. The van der Waals surface area contributed by atoms with Gasteiger partial charge in [-0.3, -0.25) is 9.69 Å². The molecule has 1 aliphatic heterocycles. The smallest absolute Gasteiger partial charge is 0.236 e. The lowest BCUT2D eigenvalue weighted by Gasteiger charge is -2.35. The highest BCUT2D eigenvalue weighted by molar-refractivity contribution is 5.78. The normalized spacial score (nSPS) is 19.7. The number of amides is 1. The SMILES string of the molecule is CCNC(C)C1CCN(CC(=O)N(C)C(C)C)CC1. The van der Waals surface area contributed by atoms with Crippen molar-refractivity contribution in [1.82, 2.24) is 15.1 Å². The maximum Gasteiger partial charge on any atom is 0.236 e. The van der Waals surface area contributed by atoms with Crippen molar-refractivity contribution in [2.75, 3.05) is 33.2 Å². The van der Waals surface area contributed by atoms with Gasteiger partial charge >= 0.3 is 0 Å². The highest BCUT2D eigenvalue weighted by atomic mass is 16.2. The fourth-order valence-electron chi connectivity index (χ4n) is 2.69. The van der Waals surface area contributed by atoms with Crippen LogP contribution in [0.25, 0.3) is 0 Å². The van der Waals surface area contributed by atoms with E-state index in [9.17, 15) is 4.79 Å². The molecule has 1 amide bonds. The summed E-state index contributed by atoms with van der Waals surface area (Å²) in [6.07, 6.45) is 2.40. The first-order valence-electron chi connectivity index (χ1n) is 7.67. The van der Waals surface area contributed by atoms with Gasteiger partial charge in [-0.05, 0) is 59.2 Å². The summed E-state index contributed by atoms with van der Waals surface area (Å²) in [6, 6.07) is 0.889. The first-order chi connectivity index (χ1) is 8.95. The number of nitrogens with zero attached hydrogens (tertiary/aromatic N) is 2. The summed E-state index contributed by atoms with van der Waals surface area (Å²) in [7, 11) is 1.90. The summed E-state index contributed by atoms with van der Waals surface area (Å²) in [6.45, 7) is 12.3. The second-order valence-corrected chi connectivity index (χ2v) is 6.06. The zero-order chi connectivity index (χ0) is 14.4. The minimum atomic E-state index is 0.244. The Labute approximate surface area is 118 Å². The zero-order valence-electron chi connectivity index (χ0n) is 13.3. The van der Waals surface area contributed by atoms with E-state index in [4.69, 9.17) is 0 Å². The summed E-state index contributed by atoms with van der Waals surface area (Å²) in [4.78, 5) is 16.2. The van der Waals surface area contributed by atoms with Crippen molar-refractivity contribution in [2.24, 2.45) is 5.92 Å². The second-order valence-electron chi connectivity index (χ2n) is 6.06. The van der Waals surface area contributed by atoms with Crippen molar-refractivity contribution in [3.8, 4) is 0 Å². The van der Waals surface area contributed by atoms with Crippen LogP contribution in [0.15, 0.2) is 0 Å². The minimum Gasteiger partial charge on any atom is -0.342 e. The Bertz CT molecular complexity index is 273. The van der Waals surface area contributed by atoms with E-state index in [1.54, 1.807) is 0 Å². The van der Waals surface area contributed by atoms with Crippen molar-refractivity contribution in [2.45, 2.75) is 52.6 Å². The van der Waals surface area contributed by atoms with Crippen LogP contribution in [0.3, 0.4) is 0 Å². The minimum absolute atomic E-state index is 0.244. The van der Waals surface area contributed by atoms with E-state index in [2.05, 4.69) is 37.9 Å². The number of piperidine rings is 1. The van der Waals surface area contributed by atoms with E-state index in [0.29, 0.717) is 18.6 Å². The first-order valence-corrected chi connectivity index (χ1v) is 7.67. The molecule has 1 rings (SSSR count). The van der Waals surface area contributed by atoms with Crippen LogP contribution in [0, 0.1) is 5.92 Å². The Morgan fingerprint density at radius 3 is 2.37 bits per heavy atom. The van der Waals surface area contributed by atoms with Crippen LogP contribution in [0.4, 0.5) is 0 Å². The highest BCUT2D eigenvalue weighted by Gasteiger charge is 2.25. The Balaban J connectivity index is 2.32. The van der Waals surface area contributed by atoms with Crippen molar-refractivity contribution < 1.29 is 4.79 Å². The molecule has 0 radical (unpaired) electrons. The van der Waals surface area contributed by atoms with Crippen LogP contribution in [-0.4, -0.2) is 61.0 Å². The van der Waals surface area contributed by atoms with Crippen LogP contribution < -0.4 is 5.32 Å². The van der Waals surface area contributed by atoms with Gasteiger partial charge in [-0.15, -0.1) is 0 Å². The average Bonchev–Trinajstić information content (AvgIpc) is 2.38. The number of hydrogen-bond donors (Lipinski definition) is 1. The number of nitrogens with one attached hydrogen (secondary N) is 1. The summed E-state index contributed by atoms with van der Waals surface area (Å²) in [5, 5.41) is 3.51. The maximum atomic E-state index is 12.0. The standard InChI is InChI=1S/C15H31N3O/c1-6-16-13(4)14-7-9-18(10-8-14)11-15(19)17(5)12(2)3/h12-14,16H,6-11H2,1-5H3. The third kappa shape index (κ3) is 5.11. The topological polar surface area (TPSA) is 35.6 Å². The number of carbonyl (C=O) groups is 1. The van der Waals surface area contributed by atoms with Gasteiger partial charge < -0.3 is 10.2 Å². The summed E-state index contributed by atoms with van der Waals surface area (Å²) in [5.41, 5.74) is 0. The van der Waals surface area contributed by atoms with Gasteiger partial charge in [0.1, 0.15) is 0 Å². The van der Waals surface area contributed by atoms with Crippen LogP contribution >= 0.6 is 0 Å². The van der Waals surface area contributed by atoms with Gasteiger partial charge in [0.15, 0.2) is 0 Å². The molecule has 4 nitrogen and oxygen atoms in total. The molecule has 0 aromatic carbocycles. The molecule has 0 spiro atoms. The summed E-state index contributed by atoms with van der Waals surface area (Å²) < 4.78 is 0. The Hall–Kier alpha value is -0.610. The van der Waals surface area contributed by atoms with Gasteiger partial charge in [-0.2, -0.15) is 0 Å². The number of rotatable bonds is 6. The molecule has 0 aromatic rings. The zero-order valence-corrected chi connectivity index (χ0v) is 13.3.